The molecule has 0 bridgehead atoms. The van der Waals surface area contributed by atoms with Gasteiger partial charge in [0.05, 0.1) is 11.8 Å². The van der Waals surface area contributed by atoms with E-state index < -0.39 is 5.56 Å². The molecule has 0 aliphatic rings. The summed E-state index contributed by atoms with van der Waals surface area (Å²) in [6.07, 6.45) is 2.86. The van der Waals surface area contributed by atoms with Gasteiger partial charge in [-0.3, -0.25) is 9.59 Å². The molecular weight excluding hydrogens is 380 g/mol. The number of hydrazone groups is 1. The van der Waals surface area contributed by atoms with Crippen molar-refractivity contribution in [2.45, 2.75) is 6.92 Å². The number of hydrogen-bond donors (Lipinski definition) is 2. The molecule has 148 valence electrons. The summed E-state index contributed by atoms with van der Waals surface area (Å²) in [5.74, 6) is -0.401. The van der Waals surface area contributed by atoms with Crippen LogP contribution in [-0.4, -0.2) is 26.8 Å². The molecule has 4 rings (SSSR count). The van der Waals surface area contributed by atoms with E-state index in [-0.39, 0.29) is 17.6 Å². The summed E-state index contributed by atoms with van der Waals surface area (Å²) < 4.78 is 1.12. The summed E-state index contributed by atoms with van der Waals surface area (Å²) >= 11 is 0. The molecule has 0 fully saturated rings. The van der Waals surface area contributed by atoms with Crippen molar-refractivity contribution in [1.82, 2.24) is 15.0 Å². The third-order valence-electron chi connectivity index (χ3n) is 4.73. The number of aryl methyl sites for hydroxylation is 1. The fourth-order valence-electron chi connectivity index (χ4n) is 3.23. The van der Waals surface area contributed by atoms with Crippen molar-refractivity contribution in [2.75, 3.05) is 0 Å². The van der Waals surface area contributed by atoms with Gasteiger partial charge in [0.15, 0.2) is 0 Å². The highest BCUT2D eigenvalue weighted by Crippen LogP contribution is 2.25. The monoisotopic (exact) mass is 398 g/mol. The zero-order valence-electron chi connectivity index (χ0n) is 16.1. The maximum atomic E-state index is 13.0. The predicted molar refractivity (Wildman–Crippen MR) is 115 cm³/mol. The number of amides is 1. The average molecular weight is 398 g/mol. The molecule has 2 aromatic carbocycles. The second kappa shape index (κ2) is 8.00. The quantitative estimate of drug-likeness (QED) is 0.408. The fourth-order valence-corrected chi connectivity index (χ4v) is 3.23. The molecule has 1 amide bonds. The van der Waals surface area contributed by atoms with Crippen LogP contribution in [0.25, 0.3) is 16.6 Å². The van der Waals surface area contributed by atoms with Crippen molar-refractivity contribution in [3.8, 4) is 11.7 Å². The first kappa shape index (κ1) is 19.1. The standard InChI is InChI=1S/C23H18N4O3/c1-15-8-2-3-9-16(15)21(28)26-25-14-19-17-10-4-5-11-18(17)22(29)27(23(19)30)20-12-6-7-13-24-20/h2-14,30H,1H3,(H,26,28)/b25-14+. The van der Waals surface area contributed by atoms with Crippen molar-refractivity contribution < 1.29 is 9.90 Å². The summed E-state index contributed by atoms with van der Waals surface area (Å²) in [7, 11) is 0. The van der Waals surface area contributed by atoms with Crippen LogP contribution in [0.1, 0.15) is 21.5 Å². The number of aromatic hydroxyl groups is 1. The minimum Gasteiger partial charge on any atom is -0.494 e. The Balaban J connectivity index is 1.79. The number of rotatable bonds is 4. The Morgan fingerprint density at radius 1 is 1.03 bits per heavy atom. The topological polar surface area (TPSA) is 96.6 Å². The molecule has 30 heavy (non-hydrogen) atoms. The fraction of sp³-hybridized carbons (Fsp3) is 0.0435. The van der Waals surface area contributed by atoms with E-state index >= 15 is 0 Å². The Labute approximate surface area is 172 Å². The minimum absolute atomic E-state index is 0.282. The lowest BCUT2D eigenvalue weighted by Gasteiger charge is -2.12. The van der Waals surface area contributed by atoms with Crippen LogP contribution in [0.5, 0.6) is 5.88 Å². The van der Waals surface area contributed by atoms with Gasteiger partial charge in [-0.1, -0.05) is 42.5 Å². The molecule has 7 nitrogen and oxygen atoms in total. The van der Waals surface area contributed by atoms with E-state index in [1.807, 2.05) is 19.1 Å². The highest BCUT2D eigenvalue weighted by Gasteiger charge is 2.17. The van der Waals surface area contributed by atoms with Gasteiger partial charge in [0.2, 0.25) is 5.88 Å². The normalized spacial score (nSPS) is 11.1. The maximum absolute atomic E-state index is 13.0. The molecule has 0 aliphatic heterocycles. The lowest BCUT2D eigenvalue weighted by atomic mass is 10.1. The van der Waals surface area contributed by atoms with Gasteiger partial charge in [0.1, 0.15) is 5.82 Å². The Bertz CT molecular complexity index is 1330. The lowest BCUT2D eigenvalue weighted by molar-refractivity contribution is 0.0954. The van der Waals surface area contributed by atoms with E-state index in [0.717, 1.165) is 10.1 Å². The first-order valence-electron chi connectivity index (χ1n) is 9.25. The van der Waals surface area contributed by atoms with Gasteiger partial charge in [-0.15, -0.1) is 0 Å². The van der Waals surface area contributed by atoms with Gasteiger partial charge in [-0.25, -0.2) is 15.0 Å². The number of carbonyl (C=O) groups excluding carboxylic acids is 1. The SMILES string of the molecule is Cc1ccccc1C(=O)N/N=C/c1c(O)n(-c2ccccn2)c(=O)c2ccccc12. The molecular formula is C23H18N4O3. The summed E-state index contributed by atoms with van der Waals surface area (Å²) in [4.78, 5) is 29.5. The summed E-state index contributed by atoms with van der Waals surface area (Å²) in [5.41, 5.74) is 3.69. The Hall–Kier alpha value is -4.26. The van der Waals surface area contributed by atoms with Gasteiger partial charge >= 0.3 is 0 Å². The Morgan fingerprint density at radius 3 is 2.47 bits per heavy atom. The van der Waals surface area contributed by atoms with Crippen LogP contribution in [0.3, 0.4) is 0 Å². The molecule has 0 radical (unpaired) electrons. The second-order valence-corrected chi connectivity index (χ2v) is 6.63. The average Bonchev–Trinajstić information content (AvgIpc) is 2.77. The van der Waals surface area contributed by atoms with Gasteiger partial charge in [0.25, 0.3) is 11.5 Å². The Kier molecular flexibility index (Phi) is 5.09. The van der Waals surface area contributed by atoms with Gasteiger partial charge in [-0.05, 0) is 36.8 Å². The van der Waals surface area contributed by atoms with Crippen LogP contribution in [0.2, 0.25) is 0 Å². The number of nitrogens with zero attached hydrogens (tertiary/aromatic N) is 3. The summed E-state index contributed by atoms with van der Waals surface area (Å²) in [6, 6.07) is 19.1. The number of pyridine rings is 2. The molecule has 4 aromatic rings. The molecule has 0 unspecified atom stereocenters. The first-order chi connectivity index (χ1) is 14.6. The molecule has 2 heterocycles. The van der Waals surface area contributed by atoms with Crippen LogP contribution in [0.4, 0.5) is 0 Å². The van der Waals surface area contributed by atoms with E-state index in [4.69, 9.17) is 0 Å². The highest BCUT2D eigenvalue weighted by atomic mass is 16.3. The molecule has 0 saturated carbocycles. The predicted octanol–water partition coefficient (Wildman–Crippen LogP) is 3.16. The van der Waals surface area contributed by atoms with Crippen LogP contribution in [-0.2, 0) is 0 Å². The molecule has 0 aliphatic carbocycles. The molecule has 7 heteroatoms. The van der Waals surface area contributed by atoms with E-state index in [0.29, 0.717) is 21.9 Å². The molecule has 0 saturated heterocycles. The van der Waals surface area contributed by atoms with Gasteiger partial charge < -0.3 is 5.11 Å². The largest absolute Gasteiger partial charge is 0.494 e. The van der Waals surface area contributed by atoms with E-state index in [1.54, 1.807) is 54.6 Å². The van der Waals surface area contributed by atoms with E-state index in [1.165, 1.54) is 12.4 Å². The van der Waals surface area contributed by atoms with Crippen molar-refractivity contribution in [1.29, 1.82) is 0 Å². The number of aromatic nitrogens is 2. The molecule has 0 spiro atoms. The van der Waals surface area contributed by atoms with Crippen LogP contribution >= 0.6 is 0 Å². The van der Waals surface area contributed by atoms with Gasteiger partial charge in [0, 0.05) is 22.5 Å². The first-order valence-corrected chi connectivity index (χ1v) is 9.25. The lowest BCUT2D eigenvalue weighted by Crippen LogP contribution is -2.22. The Morgan fingerprint density at radius 2 is 1.73 bits per heavy atom. The highest BCUT2D eigenvalue weighted by molar-refractivity contribution is 6.02. The van der Waals surface area contributed by atoms with Crippen LogP contribution in [0, 0.1) is 6.92 Å². The zero-order chi connectivity index (χ0) is 21.1. The summed E-state index contributed by atoms with van der Waals surface area (Å²) in [5, 5.41) is 15.8. The smallest absolute Gasteiger partial charge is 0.271 e. The number of fused-ring (bicyclic) bond motifs is 1. The number of nitrogens with one attached hydrogen (secondary N) is 1. The van der Waals surface area contributed by atoms with E-state index in [2.05, 4.69) is 15.5 Å². The molecule has 2 aromatic heterocycles. The van der Waals surface area contributed by atoms with Crippen molar-refractivity contribution in [3.05, 3.63) is 100.0 Å². The second-order valence-electron chi connectivity index (χ2n) is 6.63. The number of hydrogen-bond acceptors (Lipinski definition) is 5. The van der Waals surface area contributed by atoms with E-state index in [9.17, 15) is 14.7 Å². The third-order valence-corrected chi connectivity index (χ3v) is 4.73. The van der Waals surface area contributed by atoms with Gasteiger partial charge in [-0.2, -0.15) is 5.10 Å². The number of benzene rings is 2. The molecule has 0 atom stereocenters. The maximum Gasteiger partial charge on any atom is 0.271 e. The minimum atomic E-state index is -0.400. The number of carbonyl (C=O) groups is 1. The molecule has 2 N–H and O–H groups in total. The zero-order valence-corrected chi connectivity index (χ0v) is 16.1. The van der Waals surface area contributed by atoms with Crippen LogP contribution < -0.4 is 11.0 Å². The van der Waals surface area contributed by atoms with Crippen molar-refractivity contribution in [2.24, 2.45) is 5.10 Å². The van der Waals surface area contributed by atoms with Crippen molar-refractivity contribution >= 4 is 22.9 Å². The third kappa shape index (κ3) is 3.44. The summed E-state index contributed by atoms with van der Waals surface area (Å²) in [6.45, 7) is 1.83. The van der Waals surface area contributed by atoms with Crippen molar-refractivity contribution in [3.63, 3.8) is 0 Å². The van der Waals surface area contributed by atoms with Crippen LogP contribution in [0.15, 0.2) is 82.8 Å².